The van der Waals surface area contributed by atoms with E-state index in [0.29, 0.717) is 12.5 Å². The Bertz CT molecular complexity index is 176. The van der Waals surface area contributed by atoms with E-state index in [1.54, 1.807) is 0 Å². The van der Waals surface area contributed by atoms with Gasteiger partial charge in [-0.05, 0) is 24.6 Å². The summed E-state index contributed by atoms with van der Waals surface area (Å²) in [6.07, 6.45) is -0.489. The van der Waals surface area contributed by atoms with E-state index in [1.807, 2.05) is 13.8 Å². The monoisotopic (exact) mass is 218 g/mol. The summed E-state index contributed by atoms with van der Waals surface area (Å²) in [5.41, 5.74) is 0. The normalized spacial score (nSPS) is 11.6. The molecule has 3 nitrogen and oxygen atoms in total. The quantitative estimate of drug-likeness (QED) is 0.524. The highest BCUT2D eigenvalue weighted by Gasteiger charge is 2.29. The smallest absolute Gasteiger partial charge is 0.489 e. The largest absolute Gasteiger partial charge is 0.494 e. The minimum atomic E-state index is -1.81. The molecule has 0 aromatic rings. The van der Waals surface area contributed by atoms with Gasteiger partial charge in [-0.25, -0.2) is 4.79 Å². The molecule has 0 bridgehead atoms. The summed E-state index contributed by atoms with van der Waals surface area (Å²) in [7, 11) is -1.81. The van der Waals surface area contributed by atoms with Gasteiger partial charge in [-0.2, -0.15) is 0 Å². The van der Waals surface area contributed by atoms with Crippen LogP contribution in [0.25, 0.3) is 0 Å². The molecule has 14 heavy (non-hydrogen) atoms. The molecule has 0 radical (unpaired) electrons. The Morgan fingerprint density at radius 1 is 1.29 bits per heavy atom. The average Bonchev–Trinajstić information content (AvgIpc) is 2.14. The topological polar surface area (TPSA) is 35.5 Å². The maximum Gasteiger partial charge on any atom is 0.494 e. The highest BCUT2D eigenvalue weighted by Crippen LogP contribution is 2.16. The predicted molar refractivity (Wildman–Crippen MR) is 59.9 cm³/mol. The van der Waals surface area contributed by atoms with E-state index >= 15 is 0 Å². The fraction of sp³-hybridized carbons (Fsp3) is 0.900. The van der Waals surface area contributed by atoms with Crippen LogP contribution < -0.4 is 0 Å². The van der Waals surface area contributed by atoms with Crippen LogP contribution in [-0.4, -0.2) is 21.1 Å². The Hall–Kier alpha value is -0.513. The molecule has 0 aromatic carbocycles. The van der Waals surface area contributed by atoms with Gasteiger partial charge in [-0.15, -0.1) is 0 Å². The second kappa shape index (κ2) is 6.06. The maximum absolute atomic E-state index is 11.3. The number of carbonyl (C=O) groups is 1. The van der Waals surface area contributed by atoms with Crippen molar-refractivity contribution in [2.24, 2.45) is 5.92 Å². The zero-order valence-electron chi connectivity index (χ0n) is 9.92. The molecule has 0 saturated heterocycles. The van der Waals surface area contributed by atoms with Crippen LogP contribution in [0.5, 0.6) is 0 Å². The van der Waals surface area contributed by atoms with Crippen LogP contribution in [0, 0.1) is 5.92 Å². The lowest BCUT2D eigenvalue weighted by Crippen LogP contribution is -2.35. The molecule has 0 unspecified atom stereocenters. The standard InChI is InChI=1S/C10H22O3Si/c1-6-14(5,7-2)13-10(11)12-8-9(3)4/h9H,6-8H2,1-5H3. The van der Waals surface area contributed by atoms with Gasteiger partial charge in [0.15, 0.2) is 0 Å². The lowest BCUT2D eigenvalue weighted by Gasteiger charge is -2.23. The Labute approximate surface area is 87.9 Å². The summed E-state index contributed by atoms with van der Waals surface area (Å²) in [4.78, 5) is 11.3. The van der Waals surface area contributed by atoms with E-state index in [2.05, 4.69) is 20.4 Å². The van der Waals surface area contributed by atoms with Crippen molar-refractivity contribution in [3.63, 3.8) is 0 Å². The Balaban J connectivity index is 3.92. The number of ether oxygens (including phenoxy) is 1. The van der Waals surface area contributed by atoms with Crippen molar-refractivity contribution in [3.05, 3.63) is 0 Å². The first kappa shape index (κ1) is 13.5. The van der Waals surface area contributed by atoms with Crippen LogP contribution in [0.4, 0.5) is 4.79 Å². The molecule has 0 spiro atoms. The van der Waals surface area contributed by atoms with Crippen LogP contribution in [0.2, 0.25) is 18.6 Å². The van der Waals surface area contributed by atoms with Crippen molar-refractivity contribution >= 4 is 14.5 Å². The lowest BCUT2D eigenvalue weighted by atomic mass is 10.2. The van der Waals surface area contributed by atoms with Gasteiger partial charge >= 0.3 is 6.16 Å². The first-order chi connectivity index (χ1) is 6.43. The predicted octanol–water partition coefficient (Wildman–Crippen LogP) is 3.41. The molecule has 0 aliphatic heterocycles. The fourth-order valence-electron chi connectivity index (χ4n) is 0.860. The minimum absolute atomic E-state index is 0.360. The van der Waals surface area contributed by atoms with Crippen LogP contribution in [0.3, 0.4) is 0 Å². The zero-order valence-corrected chi connectivity index (χ0v) is 10.9. The van der Waals surface area contributed by atoms with Crippen molar-refractivity contribution in [2.75, 3.05) is 6.61 Å². The molecule has 0 saturated carbocycles. The van der Waals surface area contributed by atoms with Gasteiger partial charge < -0.3 is 9.16 Å². The van der Waals surface area contributed by atoms with E-state index in [0.717, 1.165) is 12.1 Å². The average molecular weight is 218 g/mol. The third kappa shape index (κ3) is 5.27. The second-order valence-electron chi connectivity index (χ2n) is 4.21. The third-order valence-electron chi connectivity index (χ3n) is 2.36. The molecular formula is C10H22O3Si. The van der Waals surface area contributed by atoms with E-state index in [1.165, 1.54) is 0 Å². The zero-order chi connectivity index (χ0) is 11.2. The van der Waals surface area contributed by atoms with Crippen LogP contribution in [0.1, 0.15) is 27.7 Å². The maximum atomic E-state index is 11.3. The molecule has 0 amide bonds. The van der Waals surface area contributed by atoms with E-state index in [9.17, 15) is 4.79 Å². The summed E-state index contributed by atoms with van der Waals surface area (Å²) in [5, 5.41) is 0. The van der Waals surface area contributed by atoms with Crippen molar-refractivity contribution < 1.29 is 14.0 Å². The molecule has 4 heteroatoms. The van der Waals surface area contributed by atoms with Gasteiger partial charge in [0.25, 0.3) is 8.32 Å². The molecule has 0 aromatic heterocycles. The van der Waals surface area contributed by atoms with Gasteiger partial charge in [0.2, 0.25) is 0 Å². The molecule has 0 rings (SSSR count). The summed E-state index contributed by atoms with van der Waals surface area (Å²) in [6.45, 7) is 10.6. The highest BCUT2D eigenvalue weighted by atomic mass is 28.4. The van der Waals surface area contributed by atoms with Crippen molar-refractivity contribution in [1.29, 1.82) is 0 Å². The van der Waals surface area contributed by atoms with Gasteiger partial charge in [0, 0.05) is 0 Å². The Morgan fingerprint density at radius 3 is 2.14 bits per heavy atom. The summed E-state index contributed by atoms with van der Waals surface area (Å²) >= 11 is 0. The van der Waals surface area contributed by atoms with Gasteiger partial charge in [-0.3, -0.25) is 0 Å². The van der Waals surface area contributed by atoms with Crippen LogP contribution in [-0.2, 0) is 9.16 Å². The lowest BCUT2D eigenvalue weighted by molar-refractivity contribution is 0.0857. The number of rotatable bonds is 5. The van der Waals surface area contributed by atoms with Crippen LogP contribution in [0.15, 0.2) is 0 Å². The SMILES string of the molecule is CC[Si](C)(CC)OC(=O)OCC(C)C. The molecule has 0 N–H and O–H groups in total. The van der Waals surface area contributed by atoms with E-state index in [4.69, 9.17) is 9.16 Å². The molecule has 84 valence electrons. The molecule has 0 atom stereocenters. The number of hydrogen-bond donors (Lipinski definition) is 0. The molecule has 0 aliphatic rings. The van der Waals surface area contributed by atoms with Gasteiger partial charge in [0.1, 0.15) is 0 Å². The molecule has 0 aliphatic carbocycles. The first-order valence-electron chi connectivity index (χ1n) is 5.29. The fourth-order valence-corrected chi connectivity index (χ4v) is 2.11. The van der Waals surface area contributed by atoms with Gasteiger partial charge in [0.05, 0.1) is 6.61 Å². The molecule has 0 heterocycles. The first-order valence-corrected chi connectivity index (χ1v) is 8.11. The third-order valence-corrected chi connectivity index (χ3v) is 6.01. The summed E-state index contributed by atoms with van der Waals surface area (Å²) < 4.78 is 10.3. The summed E-state index contributed by atoms with van der Waals surface area (Å²) in [6, 6.07) is 1.89. The van der Waals surface area contributed by atoms with Gasteiger partial charge in [-0.1, -0.05) is 27.7 Å². The molecule has 0 fully saturated rings. The Kier molecular flexibility index (Phi) is 5.84. The molecular weight excluding hydrogens is 196 g/mol. The number of hydrogen-bond acceptors (Lipinski definition) is 3. The van der Waals surface area contributed by atoms with E-state index < -0.39 is 14.5 Å². The highest BCUT2D eigenvalue weighted by molar-refractivity contribution is 6.73. The van der Waals surface area contributed by atoms with Crippen molar-refractivity contribution in [3.8, 4) is 0 Å². The van der Waals surface area contributed by atoms with Crippen LogP contribution >= 0.6 is 0 Å². The van der Waals surface area contributed by atoms with Crippen molar-refractivity contribution in [2.45, 2.75) is 46.3 Å². The van der Waals surface area contributed by atoms with Crippen molar-refractivity contribution in [1.82, 2.24) is 0 Å². The van der Waals surface area contributed by atoms with E-state index in [-0.39, 0.29) is 0 Å². The second-order valence-corrected chi connectivity index (χ2v) is 8.73. The minimum Gasteiger partial charge on any atom is -0.489 e. The Morgan fingerprint density at radius 2 is 1.79 bits per heavy atom. The number of carbonyl (C=O) groups excluding carboxylic acids is 1. The summed E-state index contributed by atoms with van der Waals surface area (Å²) in [5.74, 6) is 0.360.